The van der Waals surface area contributed by atoms with Crippen LogP contribution in [0.25, 0.3) is 0 Å². The number of nitrogens with one attached hydrogen (secondary N) is 1. The van der Waals surface area contributed by atoms with Crippen LogP contribution in [0.4, 0.5) is 0 Å². The summed E-state index contributed by atoms with van der Waals surface area (Å²) < 4.78 is 0. The molecule has 0 radical (unpaired) electrons. The summed E-state index contributed by atoms with van der Waals surface area (Å²) in [5.74, 6) is 1.71. The van der Waals surface area contributed by atoms with E-state index < -0.39 is 0 Å². The summed E-state index contributed by atoms with van der Waals surface area (Å²) in [5, 5.41) is 4.84. The molecule has 0 aromatic carbocycles. The highest BCUT2D eigenvalue weighted by Crippen LogP contribution is 2.39. The van der Waals surface area contributed by atoms with E-state index in [1.165, 1.54) is 42.0 Å². The van der Waals surface area contributed by atoms with Crippen molar-refractivity contribution in [3.8, 4) is 0 Å². The molecule has 1 saturated carbocycles. The highest BCUT2D eigenvalue weighted by atomic mass is 32.1. The van der Waals surface area contributed by atoms with Gasteiger partial charge in [0.25, 0.3) is 0 Å². The molecular weight excluding hydrogens is 240 g/mol. The van der Waals surface area contributed by atoms with Crippen LogP contribution in [0, 0.1) is 5.92 Å². The molecule has 1 unspecified atom stereocenters. The third kappa shape index (κ3) is 3.33. The lowest BCUT2D eigenvalue weighted by Gasteiger charge is -2.26. The van der Waals surface area contributed by atoms with Crippen molar-refractivity contribution in [2.75, 3.05) is 6.54 Å². The van der Waals surface area contributed by atoms with Gasteiger partial charge in [0, 0.05) is 23.0 Å². The van der Waals surface area contributed by atoms with Crippen molar-refractivity contribution in [3.63, 3.8) is 0 Å². The van der Waals surface area contributed by atoms with Gasteiger partial charge in [-0.15, -0.1) is 11.3 Å². The van der Waals surface area contributed by atoms with Gasteiger partial charge in [0.05, 0.1) is 5.01 Å². The van der Waals surface area contributed by atoms with Crippen molar-refractivity contribution < 1.29 is 0 Å². The Balaban J connectivity index is 1.94. The predicted molar refractivity (Wildman–Crippen MR) is 79.2 cm³/mol. The van der Waals surface area contributed by atoms with Crippen LogP contribution in [0.5, 0.6) is 0 Å². The van der Waals surface area contributed by atoms with E-state index in [0.717, 1.165) is 18.4 Å². The van der Waals surface area contributed by atoms with Gasteiger partial charge in [-0.2, -0.15) is 0 Å². The minimum absolute atomic E-state index is 0.452. The summed E-state index contributed by atoms with van der Waals surface area (Å²) in [6.07, 6.45) is 8.94. The molecule has 0 spiro atoms. The number of hydrogen-bond acceptors (Lipinski definition) is 3. The van der Waals surface area contributed by atoms with Crippen molar-refractivity contribution >= 4 is 11.3 Å². The lowest BCUT2D eigenvalue weighted by atomic mass is 9.81. The lowest BCUT2D eigenvalue weighted by Crippen LogP contribution is -2.16. The Morgan fingerprint density at radius 2 is 2.06 bits per heavy atom. The maximum atomic E-state index is 4.67. The largest absolute Gasteiger partial charge is 0.310 e. The number of hydrogen-bond donors (Lipinski definition) is 1. The molecule has 0 amide bonds. The molecule has 2 rings (SSSR count). The summed E-state index contributed by atoms with van der Waals surface area (Å²) in [7, 11) is 0. The smallest absolute Gasteiger partial charge is 0.0959 e. The molecule has 1 N–H and O–H groups in total. The first kappa shape index (κ1) is 14.0. The average molecular weight is 266 g/mol. The van der Waals surface area contributed by atoms with Gasteiger partial charge in [0.15, 0.2) is 0 Å². The van der Waals surface area contributed by atoms with Gasteiger partial charge in [-0.05, 0) is 45.1 Å². The Bertz CT molecular complexity index is 353. The molecule has 1 fully saturated rings. The van der Waals surface area contributed by atoms with Crippen molar-refractivity contribution in [1.29, 1.82) is 0 Å². The van der Waals surface area contributed by atoms with Gasteiger partial charge in [-0.25, -0.2) is 4.98 Å². The summed E-state index contributed by atoms with van der Waals surface area (Å²) in [5.41, 5.74) is 0. The van der Waals surface area contributed by atoms with Gasteiger partial charge in [0.1, 0.15) is 0 Å². The molecule has 102 valence electrons. The van der Waals surface area contributed by atoms with E-state index in [-0.39, 0.29) is 0 Å². The Kier molecular flexibility index (Phi) is 5.19. The Hall–Kier alpha value is -0.410. The Morgan fingerprint density at radius 1 is 1.33 bits per heavy atom. The van der Waals surface area contributed by atoms with Crippen LogP contribution >= 0.6 is 11.3 Å². The SMILES string of the molecule is CCNC(C)c1cnc(C2CCC(CC)CC2)s1. The molecule has 1 aromatic heterocycles. The maximum absolute atomic E-state index is 4.67. The zero-order chi connectivity index (χ0) is 13.0. The maximum Gasteiger partial charge on any atom is 0.0959 e. The minimum Gasteiger partial charge on any atom is -0.310 e. The topological polar surface area (TPSA) is 24.9 Å². The fourth-order valence-electron chi connectivity index (χ4n) is 2.91. The van der Waals surface area contributed by atoms with Gasteiger partial charge < -0.3 is 5.32 Å². The highest BCUT2D eigenvalue weighted by molar-refractivity contribution is 7.11. The number of thiazole rings is 1. The van der Waals surface area contributed by atoms with E-state index >= 15 is 0 Å². The second kappa shape index (κ2) is 6.67. The van der Waals surface area contributed by atoms with Crippen molar-refractivity contribution in [1.82, 2.24) is 10.3 Å². The molecule has 1 aromatic rings. The molecular formula is C15H26N2S. The summed E-state index contributed by atoms with van der Waals surface area (Å²) in [6.45, 7) is 7.74. The second-order valence-corrected chi connectivity index (χ2v) is 6.60. The standard InChI is InChI=1S/C15H26N2S/c1-4-12-6-8-13(9-7-12)15-17-10-14(18-15)11(3)16-5-2/h10-13,16H,4-9H2,1-3H3. The fraction of sp³-hybridized carbons (Fsp3) is 0.800. The van der Waals surface area contributed by atoms with E-state index in [1.807, 2.05) is 11.3 Å². The number of aromatic nitrogens is 1. The van der Waals surface area contributed by atoms with Crippen LogP contribution in [0.1, 0.15) is 74.7 Å². The van der Waals surface area contributed by atoms with Crippen molar-refractivity contribution in [3.05, 3.63) is 16.1 Å². The van der Waals surface area contributed by atoms with E-state index in [9.17, 15) is 0 Å². The van der Waals surface area contributed by atoms with Crippen LogP contribution in [-0.2, 0) is 0 Å². The van der Waals surface area contributed by atoms with E-state index in [4.69, 9.17) is 0 Å². The number of rotatable bonds is 5. The molecule has 0 aliphatic heterocycles. The van der Waals surface area contributed by atoms with Gasteiger partial charge in [-0.3, -0.25) is 0 Å². The van der Waals surface area contributed by atoms with Crippen LogP contribution in [0.3, 0.4) is 0 Å². The quantitative estimate of drug-likeness (QED) is 0.849. The molecule has 0 saturated heterocycles. The molecule has 1 aliphatic carbocycles. The molecule has 1 atom stereocenters. The molecule has 1 heterocycles. The molecule has 1 aliphatic rings. The van der Waals surface area contributed by atoms with Crippen molar-refractivity contribution in [2.45, 2.75) is 64.8 Å². The monoisotopic (exact) mass is 266 g/mol. The van der Waals surface area contributed by atoms with E-state index in [0.29, 0.717) is 6.04 Å². The number of nitrogens with zero attached hydrogens (tertiary/aromatic N) is 1. The first-order valence-corrected chi connectivity index (χ1v) is 8.25. The fourth-order valence-corrected chi connectivity index (χ4v) is 4.03. The minimum atomic E-state index is 0.452. The summed E-state index contributed by atoms with van der Waals surface area (Å²) in [4.78, 5) is 6.07. The zero-order valence-corrected chi connectivity index (χ0v) is 12.7. The van der Waals surface area contributed by atoms with Gasteiger partial charge >= 0.3 is 0 Å². The Labute approximate surface area is 115 Å². The normalized spacial score (nSPS) is 26.2. The van der Waals surface area contributed by atoms with Gasteiger partial charge in [-0.1, -0.05) is 20.3 Å². The Morgan fingerprint density at radius 3 is 2.67 bits per heavy atom. The van der Waals surface area contributed by atoms with Gasteiger partial charge in [0.2, 0.25) is 0 Å². The lowest BCUT2D eigenvalue weighted by molar-refractivity contribution is 0.318. The van der Waals surface area contributed by atoms with E-state index in [2.05, 4.69) is 37.3 Å². The summed E-state index contributed by atoms with van der Waals surface area (Å²) >= 11 is 1.92. The third-order valence-corrected chi connectivity index (χ3v) is 5.59. The average Bonchev–Trinajstić information content (AvgIpc) is 2.89. The molecule has 0 bridgehead atoms. The molecule has 3 heteroatoms. The first-order chi connectivity index (χ1) is 8.74. The predicted octanol–water partition coefficient (Wildman–Crippen LogP) is 4.50. The van der Waals surface area contributed by atoms with Crippen molar-refractivity contribution in [2.24, 2.45) is 5.92 Å². The first-order valence-electron chi connectivity index (χ1n) is 7.43. The van der Waals surface area contributed by atoms with Crippen LogP contribution in [0.15, 0.2) is 6.20 Å². The molecule has 18 heavy (non-hydrogen) atoms. The highest BCUT2D eigenvalue weighted by Gasteiger charge is 2.23. The second-order valence-electron chi connectivity index (χ2n) is 5.51. The summed E-state index contributed by atoms with van der Waals surface area (Å²) in [6, 6.07) is 0.452. The van der Waals surface area contributed by atoms with Crippen LogP contribution in [-0.4, -0.2) is 11.5 Å². The van der Waals surface area contributed by atoms with Crippen LogP contribution < -0.4 is 5.32 Å². The van der Waals surface area contributed by atoms with Crippen LogP contribution in [0.2, 0.25) is 0 Å². The third-order valence-electron chi connectivity index (χ3n) is 4.25. The van der Waals surface area contributed by atoms with E-state index in [1.54, 1.807) is 0 Å². The molecule has 2 nitrogen and oxygen atoms in total. The zero-order valence-electron chi connectivity index (χ0n) is 11.9.